The molecule has 2 heterocycles. The fourth-order valence-corrected chi connectivity index (χ4v) is 3.62. The van der Waals surface area contributed by atoms with Gasteiger partial charge in [-0.3, -0.25) is 9.59 Å². The van der Waals surface area contributed by atoms with E-state index in [9.17, 15) is 9.59 Å². The maximum atomic E-state index is 12.3. The zero-order valence-electron chi connectivity index (χ0n) is 18.9. The molecule has 0 aliphatic carbocycles. The van der Waals surface area contributed by atoms with Gasteiger partial charge in [0.15, 0.2) is 0 Å². The monoisotopic (exact) mass is 491 g/mol. The average Bonchev–Trinajstić information content (AvgIpc) is 3.24. The number of aromatic nitrogens is 3. The number of hydrogen-bond donors (Lipinski definition) is 5. The van der Waals surface area contributed by atoms with Crippen LogP contribution in [0.25, 0.3) is 11.0 Å². The Morgan fingerprint density at radius 2 is 1.91 bits per heavy atom. The quantitative estimate of drug-likeness (QED) is 0.228. The third-order valence-corrected chi connectivity index (χ3v) is 5.33. The summed E-state index contributed by atoms with van der Waals surface area (Å²) in [4.78, 5) is 36.2. The summed E-state index contributed by atoms with van der Waals surface area (Å²) in [5.41, 5.74) is 2.50. The normalized spacial score (nSPS) is 10.5. The minimum Gasteiger partial charge on any atom is -0.495 e. The summed E-state index contributed by atoms with van der Waals surface area (Å²) < 4.78 is 5.44. The first-order valence-electron chi connectivity index (χ1n) is 10.4. The minimum absolute atomic E-state index is 0.224. The molecule has 178 valence electrons. The van der Waals surface area contributed by atoms with Gasteiger partial charge in [0.2, 0.25) is 11.9 Å². The maximum absolute atomic E-state index is 12.3. The van der Waals surface area contributed by atoms with E-state index in [1.165, 1.54) is 13.2 Å². The number of hydrogen-bond acceptors (Lipinski definition) is 7. The summed E-state index contributed by atoms with van der Waals surface area (Å²) in [5, 5.41) is 12.6. The Balaban J connectivity index is 1.75. The molecular weight excluding hydrogens is 470 g/mol. The topological polar surface area (TPSA) is 133 Å². The highest BCUT2D eigenvalue weighted by atomic mass is 35.5. The Morgan fingerprint density at radius 1 is 1.11 bits per heavy atom. The number of nitrogens with zero attached hydrogens (tertiary/aromatic N) is 2. The fraction of sp³-hybridized carbons (Fsp3) is 0.0833. The van der Waals surface area contributed by atoms with Crippen LogP contribution in [0.5, 0.6) is 5.75 Å². The number of rotatable bonds is 8. The van der Waals surface area contributed by atoms with E-state index in [2.05, 4.69) is 42.8 Å². The summed E-state index contributed by atoms with van der Waals surface area (Å²) in [6.07, 6.45) is 2.78. The molecule has 10 nitrogen and oxygen atoms in total. The van der Waals surface area contributed by atoms with Gasteiger partial charge in [-0.25, -0.2) is 0 Å². The van der Waals surface area contributed by atoms with E-state index in [4.69, 9.17) is 16.3 Å². The maximum Gasteiger partial charge on any atom is 0.253 e. The number of fused-ring (bicyclic) bond motifs is 1. The van der Waals surface area contributed by atoms with Crippen LogP contribution in [0.1, 0.15) is 10.4 Å². The molecule has 35 heavy (non-hydrogen) atoms. The summed E-state index contributed by atoms with van der Waals surface area (Å²) >= 11 is 6.40. The van der Waals surface area contributed by atoms with Crippen LogP contribution in [-0.2, 0) is 4.79 Å². The van der Waals surface area contributed by atoms with Crippen molar-refractivity contribution < 1.29 is 14.3 Å². The van der Waals surface area contributed by atoms with Crippen LogP contribution in [0.3, 0.4) is 0 Å². The summed E-state index contributed by atoms with van der Waals surface area (Å²) in [6.45, 7) is 3.46. The van der Waals surface area contributed by atoms with Crippen LogP contribution in [0.2, 0.25) is 5.02 Å². The number of carbonyl (C=O) groups is 2. The van der Waals surface area contributed by atoms with Crippen molar-refractivity contribution in [1.82, 2.24) is 20.3 Å². The molecule has 11 heteroatoms. The van der Waals surface area contributed by atoms with Crippen molar-refractivity contribution >= 4 is 63.3 Å². The molecule has 0 saturated carbocycles. The van der Waals surface area contributed by atoms with Gasteiger partial charge in [-0.1, -0.05) is 30.3 Å². The van der Waals surface area contributed by atoms with Crippen molar-refractivity contribution in [2.45, 2.75) is 0 Å². The highest BCUT2D eigenvalue weighted by Gasteiger charge is 2.17. The van der Waals surface area contributed by atoms with Gasteiger partial charge in [0.25, 0.3) is 5.91 Å². The van der Waals surface area contributed by atoms with Crippen molar-refractivity contribution in [2.24, 2.45) is 0 Å². The number of carbonyl (C=O) groups excluding carboxylic acids is 2. The lowest BCUT2D eigenvalue weighted by atomic mass is 10.1. The van der Waals surface area contributed by atoms with Gasteiger partial charge in [0.1, 0.15) is 17.2 Å². The van der Waals surface area contributed by atoms with E-state index in [-0.39, 0.29) is 17.8 Å². The first-order chi connectivity index (χ1) is 16.9. The lowest BCUT2D eigenvalue weighted by Gasteiger charge is -2.15. The van der Waals surface area contributed by atoms with E-state index in [1.807, 2.05) is 0 Å². The van der Waals surface area contributed by atoms with Crippen molar-refractivity contribution in [2.75, 3.05) is 30.1 Å². The Morgan fingerprint density at radius 3 is 2.66 bits per heavy atom. The number of aromatic amines is 1. The Kier molecular flexibility index (Phi) is 6.83. The molecule has 0 unspecified atom stereocenters. The van der Waals surface area contributed by atoms with Gasteiger partial charge in [0, 0.05) is 18.9 Å². The predicted molar refractivity (Wildman–Crippen MR) is 137 cm³/mol. The molecule has 5 N–H and O–H groups in total. The van der Waals surface area contributed by atoms with Crippen molar-refractivity contribution in [3.05, 3.63) is 71.9 Å². The summed E-state index contributed by atoms with van der Waals surface area (Å²) in [7, 11) is 3.09. The van der Waals surface area contributed by atoms with Crippen molar-refractivity contribution in [1.29, 1.82) is 0 Å². The van der Waals surface area contributed by atoms with E-state index >= 15 is 0 Å². The predicted octanol–water partition coefficient (Wildman–Crippen LogP) is 4.59. The molecule has 0 aliphatic heterocycles. The third-order valence-electron chi connectivity index (χ3n) is 5.03. The third kappa shape index (κ3) is 5.02. The van der Waals surface area contributed by atoms with Gasteiger partial charge in [-0.05, 0) is 36.4 Å². The molecule has 0 atom stereocenters. The number of H-pyrrole nitrogens is 1. The smallest absolute Gasteiger partial charge is 0.253 e. The Hall–Kier alpha value is -4.57. The first-order valence-corrected chi connectivity index (χ1v) is 10.8. The molecule has 2 aromatic carbocycles. The first kappa shape index (κ1) is 23.6. The van der Waals surface area contributed by atoms with Gasteiger partial charge in [-0.2, -0.15) is 9.97 Å². The van der Waals surface area contributed by atoms with E-state index in [0.717, 1.165) is 0 Å². The van der Waals surface area contributed by atoms with E-state index < -0.39 is 0 Å². The number of para-hydroxylation sites is 1. The zero-order valence-corrected chi connectivity index (χ0v) is 19.7. The molecule has 0 spiro atoms. The van der Waals surface area contributed by atoms with Crippen LogP contribution in [0.15, 0.2) is 61.3 Å². The number of halogens is 1. The lowest BCUT2D eigenvalue weighted by molar-refractivity contribution is -0.111. The molecule has 0 radical (unpaired) electrons. The SMILES string of the molecule is C=CC(=O)Nc1ccc(OC)c(Nc2nc(Nc3ccccc3C(=O)NC)c3c(Cl)c[nH]c3n2)c1. The van der Waals surface area contributed by atoms with Gasteiger partial charge in [0.05, 0.1) is 34.5 Å². The Labute approximate surface area is 205 Å². The van der Waals surface area contributed by atoms with Gasteiger partial charge in [-0.15, -0.1) is 0 Å². The summed E-state index contributed by atoms with van der Waals surface area (Å²) in [6, 6.07) is 12.1. The standard InChI is InChI=1S/C24H22ClN7O3/c1-4-19(33)28-13-9-10-18(35-3)17(11-13)30-24-31-21-20(15(25)12-27-21)22(32-24)29-16-8-6-5-7-14(16)23(34)26-2/h4-12H,1H2,2-3H3,(H,26,34)(H,28,33)(H3,27,29,30,31,32). The van der Waals surface area contributed by atoms with Crippen LogP contribution in [0.4, 0.5) is 28.8 Å². The molecular formula is C24H22ClN7O3. The number of benzene rings is 2. The van der Waals surface area contributed by atoms with Crippen LogP contribution in [0, 0.1) is 0 Å². The largest absolute Gasteiger partial charge is 0.495 e. The van der Waals surface area contributed by atoms with Crippen LogP contribution < -0.4 is 26.0 Å². The van der Waals surface area contributed by atoms with E-state index in [1.54, 1.807) is 55.7 Å². The molecule has 0 fully saturated rings. The second-order valence-electron chi connectivity index (χ2n) is 7.24. The Bertz CT molecular complexity index is 1430. The second-order valence-corrected chi connectivity index (χ2v) is 7.65. The highest BCUT2D eigenvalue weighted by Crippen LogP contribution is 2.34. The fourth-order valence-electron chi connectivity index (χ4n) is 3.39. The van der Waals surface area contributed by atoms with Gasteiger partial charge >= 0.3 is 0 Å². The summed E-state index contributed by atoms with van der Waals surface area (Å²) in [5.74, 6) is 0.520. The number of ether oxygens (including phenoxy) is 1. The second kappa shape index (κ2) is 10.1. The molecule has 2 amide bonds. The molecule has 2 aromatic heterocycles. The van der Waals surface area contributed by atoms with Crippen molar-refractivity contribution in [3.8, 4) is 5.75 Å². The molecule has 0 saturated heterocycles. The number of amides is 2. The van der Waals surface area contributed by atoms with Gasteiger partial charge < -0.3 is 31.0 Å². The highest BCUT2D eigenvalue weighted by molar-refractivity contribution is 6.36. The molecule has 4 aromatic rings. The lowest BCUT2D eigenvalue weighted by Crippen LogP contribution is -2.19. The zero-order chi connectivity index (χ0) is 24.9. The number of methoxy groups -OCH3 is 1. The molecule has 0 aliphatic rings. The van der Waals surface area contributed by atoms with Crippen LogP contribution in [-0.4, -0.2) is 40.9 Å². The van der Waals surface area contributed by atoms with Crippen LogP contribution >= 0.6 is 11.6 Å². The number of nitrogens with one attached hydrogen (secondary N) is 5. The number of anilines is 5. The van der Waals surface area contributed by atoms with Crippen molar-refractivity contribution in [3.63, 3.8) is 0 Å². The minimum atomic E-state index is -0.346. The van der Waals surface area contributed by atoms with E-state index in [0.29, 0.717) is 50.2 Å². The molecule has 4 rings (SSSR count). The average molecular weight is 492 g/mol. The molecule has 0 bridgehead atoms.